The van der Waals surface area contributed by atoms with Crippen molar-refractivity contribution >= 4 is 28.9 Å². The molecule has 0 aliphatic carbocycles. The van der Waals surface area contributed by atoms with Gasteiger partial charge in [0.2, 0.25) is 5.91 Å². The quantitative estimate of drug-likeness (QED) is 0.351. The third-order valence-electron chi connectivity index (χ3n) is 7.42. The lowest BCUT2D eigenvalue weighted by Crippen LogP contribution is -2.59. The summed E-state index contributed by atoms with van der Waals surface area (Å²) in [5.41, 5.74) is -2.16. The van der Waals surface area contributed by atoms with Crippen molar-refractivity contribution < 1.29 is 31.5 Å². The molecule has 0 radical (unpaired) electrons. The van der Waals surface area contributed by atoms with Crippen LogP contribution in [0.15, 0.2) is 58.0 Å². The van der Waals surface area contributed by atoms with Gasteiger partial charge in [-0.25, -0.2) is 22.6 Å². The Morgan fingerprint density at radius 1 is 1.10 bits per heavy atom. The number of hydrogen-bond donors (Lipinski definition) is 1. The second-order valence-electron chi connectivity index (χ2n) is 10.2. The molecule has 1 aromatic heterocycles. The summed E-state index contributed by atoms with van der Waals surface area (Å²) in [6, 6.07) is 8.71. The predicted octanol–water partition coefficient (Wildman–Crippen LogP) is 5.48. The molecule has 3 unspecified atom stereocenters. The van der Waals surface area contributed by atoms with E-state index in [0.29, 0.717) is 25.3 Å². The Kier molecular flexibility index (Phi) is 8.40. The first-order valence-electron chi connectivity index (χ1n) is 13.3. The van der Waals surface area contributed by atoms with Crippen LogP contribution in [-0.2, 0) is 9.53 Å². The molecule has 3 atom stereocenters. The van der Waals surface area contributed by atoms with Crippen LogP contribution < -0.4 is 10.3 Å². The Hall–Kier alpha value is -3.41. The van der Waals surface area contributed by atoms with Gasteiger partial charge in [0.25, 0.3) is 0 Å². The lowest BCUT2D eigenvalue weighted by Gasteiger charge is -2.38. The number of furan rings is 1. The van der Waals surface area contributed by atoms with Crippen LogP contribution in [-0.4, -0.2) is 60.9 Å². The fourth-order valence-corrected chi connectivity index (χ4v) is 5.60. The molecule has 1 N–H and O–H groups in total. The van der Waals surface area contributed by atoms with Crippen molar-refractivity contribution in [1.82, 2.24) is 10.2 Å². The largest absolute Gasteiger partial charge is 0.449 e. The summed E-state index contributed by atoms with van der Waals surface area (Å²) in [6.07, 6.45) is 0.676. The minimum atomic E-state index is -1.77. The van der Waals surface area contributed by atoms with Crippen LogP contribution in [0.3, 0.4) is 0 Å². The van der Waals surface area contributed by atoms with E-state index in [1.807, 2.05) is 0 Å². The fourth-order valence-electron chi connectivity index (χ4n) is 5.45. The summed E-state index contributed by atoms with van der Waals surface area (Å²) < 4.78 is 69.6. The summed E-state index contributed by atoms with van der Waals surface area (Å²) in [5, 5.41) is 8.49. The number of hydrogen-bond acceptors (Lipinski definition) is 6. The fraction of sp³-hybridized carbons (Fsp3) is 0.379. The number of rotatable bonds is 8. The van der Waals surface area contributed by atoms with Crippen LogP contribution in [0.1, 0.15) is 37.5 Å². The van der Waals surface area contributed by atoms with E-state index in [9.17, 15) is 13.6 Å². The van der Waals surface area contributed by atoms with Crippen molar-refractivity contribution in [2.45, 2.75) is 37.8 Å². The molecule has 0 saturated carbocycles. The molecule has 1 amide bonds. The number of benzene rings is 2. The molecule has 41 heavy (non-hydrogen) atoms. The minimum Gasteiger partial charge on any atom is -0.449 e. The van der Waals surface area contributed by atoms with Crippen LogP contribution in [0.4, 0.5) is 23.2 Å². The summed E-state index contributed by atoms with van der Waals surface area (Å²) in [4.78, 5) is 16.4. The van der Waals surface area contributed by atoms with Gasteiger partial charge in [0.15, 0.2) is 16.6 Å². The second-order valence-corrected chi connectivity index (χ2v) is 10.6. The normalized spacial score (nSPS) is 23.1. The zero-order chi connectivity index (χ0) is 29.3. The summed E-state index contributed by atoms with van der Waals surface area (Å²) in [6.45, 7) is 6.52. The van der Waals surface area contributed by atoms with Gasteiger partial charge in [-0.05, 0) is 67.9 Å². The number of nitrogens with one attached hydrogen (secondary N) is 1. The maximum atomic E-state index is 15.2. The number of hydrazone groups is 1. The Morgan fingerprint density at radius 2 is 1.83 bits per heavy atom. The molecule has 1 fully saturated rings. The Labute approximate surface area is 239 Å². The number of nitrogens with zero attached hydrogens (tertiary/aromatic N) is 3. The highest BCUT2D eigenvalue weighted by molar-refractivity contribution is 6.28. The molecule has 2 aliphatic heterocycles. The third kappa shape index (κ3) is 5.71. The first kappa shape index (κ1) is 29.1. The predicted molar refractivity (Wildman–Crippen MR) is 146 cm³/mol. The first-order valence-corrected chi connectivity index (χ1v) is 13.7. The maximum Gasteiger partial charge on any atom is 0.249 e. The molecule has 2 aliphatic rings. The van der Waals surface area contributed by atoms with Gasteiger partial charge in [-0.15, -0.1) is 0 Å². The molecule has 0 bridgehead atoms. The van der Waals surface area contributed by atoms with E-state index >= 15 is 8.78 Å². The van der Waals surface area contributed by atoms with Crippen LogP contribution in [0.2, 0.25) is 5.22 Å². The van der Waals surface area contributed by atoms with Gasteiger partial charge in [0.05, 0.1) is 30.0 Å². The monoisotopic (exact) mass is 592 g/mol. The van der Waals surface area contributed by atoms with E-state index in [-0.39, 0.29) is 40.6 Å². The highest BCUT2D eigenvalue weighted by Gasteiger charge is 2.57. The van der Waals surface area contributed by atoms with Crippen molar-refractivity contribution in [3.8, 4) is 0 Å². The van der Waals surface area contributed by atoms with Gasteiger partial charge in [-0.1, -0.05) is 6.92 Å². The number of anilines is 1. The maximum absolute atomic E-state index is 15.2. The number of ether oxygens (including phenoxy) is 1. The lowest BCUT2D eigenvalue weighted by molar-refractivity contribution is -0.127. The average molecular weight is 593 g/mol. The Balaban J connectivity index is 1.58. The zero-order valence-corrected chi connectivity index (χ0v) is 23.2. The van der Waals surface area contributed by atoms with Crippen LogP contribution in [0.5, 0.6) is 0 Å². The molecule has 5 rings (SSSR count). The molecule has 7 nitrogen and oxygen atoms in total. The van der Waals surface area contributed by atoms with Crippen molar-refractivity contribution in [2.75, 3.05) is 37.8 Å². The van der Waals surface area contributed by atoms with E-state index in [1.54, 1.807) is 0 Å². The van der Waals surface area contributed by atoms with Gasteiger partial charge in [-0.3, -0.25) is 9.69 Å². The van der Waals surface area contributed by atoms with Gasteiger partial charge in [0.1, 0.15) is 23.2 Å². The summed E-state index contributed by atoms with van der Waals surface area (Å²) in [5.74, 6) is -5.17. The van der Waals surface area contributed by atoms with E-state index < -0.39 is 40.6 Å². The molecule has 218 valence electrons. The van der Waals surface area contributed by atoms with Crippen molar-refractivity contribution in [3.63, 3.8) is 0 Å². The van der Waals surface area contributed by atoms with Crippen LogP contribution >= 0.6 is 11.6 Å². The molecule has 0 spiro atoms. The van der Waals surface area contributed by atoms with Gasteiger partial charge in [0, 0.05) is 37.3 Å². The van der Waals surface area contributed by atoms with Crippen LogP contribution in [0, 0.1) is 23.3 Å². The third-order valence-corrected chi connectivity index (χ3v) is 7.62. The van der Waals surface area contributed by atoms with E-state index in [4.69, 9.17) is 20.8 Å². The number of carbonyl (C=O) groups excluding carboxylic acids is 1. The SMILES string of the molecule is CCCN1CCOC(CNC(=O)C2(C)C(c3ccc(Cl)o3)C(c3ccc(F)cc3F)=NN2c2ccc(F)cc2F)C1. The standard InChI is InChI=1S/C29H29ClF4N4O3/c1-3-10-37-11-12-40-19(16-37)15-35-28(39)29(2)26(24-8-9-25(30)41-24)27(20-6-4-17(31)13-21(20)33)36-38(29)23-7-5-18(32)14-22(23)34/h4-9,13-14,19,26H,3,10-12,15-16H2,1-2H3,(H,35,39). The molecule has 12 heteroatoms. The second kappa shape index (κ2) is 11.8. The van der Waals surface area contributed by atoms with Crippen molar-refractivity contribution in [1.29, 1.82) is 0 Å². The van der Waals surface area contributed by atoms with Gasteiger partial charge >= 0.3 is 0 Å². The number of amides is 1. The van der Waals surface area contributed by atoms with Crippen LogP contribution in [0.25, 0.3) is 0 Å². The Bertz CT molecular complexity index is 1470. The average Bonchev–Trinajstić information content (AvgIpc) is 3.48. The van der Waals surface area contributed by atoms with Crippen molar-refractivity contribution in [3.05, 3.63) is 88.3 Å². The highest BCUT2D eigenvalue weighted by Crippen LogP contribution is 2.46. The molecule has 3 aromatic rings. The minimum absolute atomic E-state index is 0.000259. The van der Waals surface area contributed by atoms with Gasteiger partial charge < -0.3 is 14.5 Å². The molecular weight excluding hydrogens is 564 g/mol. The Morgan fingerprint density at radius 3 is 2.49 bits per heavy atom. The molecular formula is C29H29ClF4N4O3. The van der Waals surface area contributed by atoms with Crippen molar-refractivity contribution in [2.24, 2.45) is 5.10 Å². The summed E-state index contributed by atoms with van der Waals surface area (Å²) >= 11 is 6.09. The zero-order valence-electron chi connectivity index (χ0n) is 22.5. The molecule has 1 saturated heterocycles. The number of carbonyl (C=O) groups is 1. The first-order chi connectivity index (χ1) is 19.6. The molecule has 2 aromatic carbocycles. The van der Waals surface area contributed by atoms with E-state index in [0.717, 1.165) is 42.7 Å². The molecule has 3 heterocycles. The topological polar surface area (TPSA) is 70.3 Å². The number of morpholine rings is 1. The highest BCUT2D eigenvalue weighted by atomic mass is 35.5. The summed E-state index contributed by atoms with van der Waals surface area (Å²) in [7, 11) is 0. The van der Waals surface area contributed by atoms with Gasteiger partial charge in [-0.2, -0.15) is 5.10 Å². The smallest absolute Gasteiger partial charge is 0.249 e. The lowest BCUT2D eigenvalue weighted by atomic mass is 9.78. The van der Waals surface area contributed by atoms with E-state index in [1.165, 1.54) is 25.1 Å². The number of halogens is 5. The van der Waals surface area contributed by atoms with E-state index in [2.05, 4.69) is 22.2 Å².